The summed E-state index contributed by atoms with van der Waals surface area (Å²) in [7, 11) is -3.79. The van der Waals surface area contributed by atoms with E-state index in [0.717, 1.165) is 5.56 Å². The first-order valence-corrected chi connectivity index (χ1v) is 8.31. The summed E-state index contributed by atoms with van der Waals surface area (Å²) in [5.41, 5.74) is 1.60. The van der Waals surface area contributed by atoms with Crippen LogP contribution in [0, 0.1) is 0 Å². The second-order valence-corrected chi connectivity index (χ2v) is 7.13. The summed E-state index contributed by atoms with van der Waals surface area (Å²) in [6, 6.07) is 12.6. The topological polar surface area (TPSA) is 74.7 Å². The lowest BCUT2D eigenvalue weighted by molar-refractivity contribution is 0.0696. The number of carbonyl (C=O) groups is 1. The van der Waals surface area contributed by atoms with E-state index in [1.807, 2.05) is 19.1 Å². The molecule has 0 saturated heterocycles. The van der Waals surface area contributed by atoms with E-state index in [9.17, 15) is 13.2 Å². The van der Waals surface area contributed by atoms with Gasteiger partial charge in [-0.2, -0.15) is 0 Å². The molecule has 22 heavy (non-hydrogen) atoms. The average Bonchev–Trinajstić information content (AvgIpc) is 2.83. The van der Waals surface area contributed by atoms with Gasteiger partial charge in [0.05, 0.1) is 16.1 Å². The van der Waals surface area contributed by atoms with Crippen molar-refractivity contribution in [1.82, 2.24) is 0 Å². The van der Waals surface area contributed by atoms with Gasteiger partial charge in [-0.15, -0.1) is 0 Å². The number of carboxylic acids is 1. The zero-order valence-electron chi connectivity index (χ0n) is 11.9. The Balaban J connectivity index is 2.11. The first kappa shape index (κ1) is 14.6. The van der Waals surface area contributed by atoms with E-state index in [-0.39, 0.29) is 16.5 Å². The van der Waals surface area contributed by atoms with Crippen LogP contribution in [-0.4, -0.2) is 25.5 Å². The van der Waals surface area contributed by atoms with Gasteiger partial charge in [-0.1, -0.05) is 24.3 Å². The Morgan fingerprint density at radius 1 is 1.18 bits per heavy atom. The van der Waals surface area contributed by atoms with Crippen molar-refractivity contribution in [2.45, 2.75) is 24.3 Å². The van der Waals surface area contributed by atoms with E-state index in [4.69, 9.17) is 5.11 Å². The number of hydrogen-bond donors (Lipinski definition) is 1. The maximum Gasteiger partial charge on any atom is 0.335 e. The molecular formula is C16H15NO4S. The van der Waals surface area contributed by atoms with E-state index in [0.29, 0.717) is 12.1 Å². The molecule has 0 bridgehead atoms. The fourth-order valence-corrected chi connectivity index (χ4v) is 4.55. The van der Waals surface area contributed by atoms with Gasteiger partial charge in [0.25, 0.3) is 10.0 Å². The van der Waals surface area contributed by atoms with E-state index in [2.05, 4.69) is 0 Å². The fraction of sp³-hybridized carbons (Fsp3) is 0.188. The monoisotopic (exact) mass is 317 g/mol. The summed E-state index contributed by atoms with van der Waals surface area (Å²) in [5, 5.41) is 9.04. The van der Waals surface area contributed by atoms with Crippen LogP contribution in [0.5, 0.6) is 0 Å². The minimum absolute atomic E-state index is 0.00375. The molecule has 0 aromatic heterocycles. The Hall–Kier alpha value is -2.34. The van der Waals surface area contributed by atoms with Gasteiger partial charge in [0.1, 0.15) is 0 Å². The Morgan fingerprint density at radius 2 is 1.91 bits per heavy atom. The lowest BCUT2D eigenvalue weighted by Gasteiger charge is -2.24. The standard InChI is InChI=1S/C16H15NO4S/c1-11-9-12-5-2-3-8-15(12)17(11)22(20,21)14-7-4-6-13(10-14)16(18)19/h2-8,10-11H,9H2,1H3,(H,18,19)/t11-/m0/s1. The van der Waals surface area contributed by atoms with Crippen molar-refractivity contribution in [2.24, 2.45) is 0 Å². The van der Waals surface area contributed by atoms with Gasteiger partial charge in [0.15, 0.2) is 0 Å². The molecule has 1 heterocycles. The third-order valence-electron chi connectivity index (χ3n) is 3.78. The molecule has 0 radical (unpaired) electrons. The summed E-state index contributed by atoms with van der Waals surface area (Å²) >= 11 is 0. The third-order valence-corrected chi connectivity index (χ3v) is 5.71. The average molecular weight is 317 g/mol. The highest BCUT2D eigenvalue weighted by atomic mass is 32.2. The largest absolute Gasteiger partial charge is 0.478 e. The van der Waals surface area contributed by atoms with Crippen LogP contribution in [0.3, 0.4) is 0 Å². The summed E-state index contributed by atoms with van der Waals surface area (Å²) in [6.07, 6.45) is 0.647. The number of nitrogens with zero attached hydrogens (tertiary/aromatic N) is 1. The van der Waals surface area contributed by atoms with Crippen LogP contribution in [0.2, 0.25) is 0 Å². The van der Waals surface area contributed by atoms with Crippen molar-refractivity contribution in [3.8, 4) is 0 Å². The van der Waals surface area contributed by atoms with Gasteiger partial charge in [0, 0.05) is 6.04 Å². The lowest BCUT2D eigenvalue weighted by Crippen LogP contribution is -2.35. The Morgan fingerprint density at radius 3 is 2.64 bits per heavy atom. The Bertz CT molecular complexity index is 845. The van der Waals surface area contributed by atoms with Crippen LogP contribution in [0.1, 0.15) is 22.8 Å². The fourth-order valence-electron chi connectivity index (χ4n) is 2.81. The Labute approximate surface area is 128 Å². The van der Waals surface area contributed by atoms with Crippen LogP contribution in [0.25, 0.3) is 0 Å². The third kappa shape index (κ3) is 2.25. The zero-order valence-corrected chi connectivity index (χ0v) is 12.7. The highest BCUT2D eigenvalue weighted by Crippen LogP contribution is 2.36. The molecule has 1 aliphatic heterocycles. The first-order valence-electron chi connectivity index (χ1n) is 6.87. The molecule has 6 heteroatoms. The van der Waals surface area contributed by atoms with Gasteiger partial charge in [-0.05, 0) is 43.2 Å². The molecule has 0 aliphatic carbocycles. The molecule has 0 amide bonds. The number of carboxylic acid groups (broad SMARTS) is 1. The maximum atomic E-state index is 12.9. The minimum atomic E-state index is -3.79. The molecule has 3 rings (SSSR count). The van der Waals surface area contributed by atoms with Crippen LogP contribution >= 0.6 is 0 Å². The second-order valence-electron chi connectivity index (χ2n) is 5.32. The van der Waals surface area contributed by atoms with Gasteiger partial charge in [0.2, 0.25) is 0 Å². The predicted octanol–water partition coefficient (Wildman–Crippen LogP) is 2.52. The van der Waals surface area contributed by atoms with E-state index in [1.54, 1.807) is 12.1 Å². The van der Waals surface area contributed by atoms with E-state index >= 15 is 0 Å². The lowest BCUT2D eigenvalue weighted by atomic mass is 10.1. The van der Waals surface area contributed by atoms with Crippen molar-refractivity contribution in [3.05, 3.63) is 59.7 Å². The summed E-state index contributed by atoms with van der Waals surface area (Å²) in [5.74, 6) is -1.15. The molecular weight excluding hydrogens is 302 g/mol. The summed E-state index contributed by atoms with van der Waals surface area (Å²) in [6.45, 7) is 1.85. The van der Waals surface area contributed by atoms with Gasteiger partial charge in [-0.25, -0.2) is 13.2 Å². The van der Waals surface area contributed by atoms with Crippen molar-refractivity contribution >= 4 is 21.7 Å². The SMILES string of the molecule is C[C@H]1Cc2ccccc2N1S(=O)(=O)c1cccc(C(=O)O)c1. The van der Waals surface area contributed by atoms with Crippen LogP contribution in [0.15, 0.2) is 53.4 Å². The Kier molecular flexibility index (Phi) is 3.41. The molecule has 1 atom stereocenters. The minimum Gasteiger partial charge on any atom is -0.478 e. The number of rotatable bonds is 3. The van der Waals surface area contributed by atoms with E-state index < -0.39 is 16.0 Å². The molecule has 1 aliphatic rings. The highest BCUT2D eigenvalue weighted by Gasteiger charge is 2.35. The zero-order chi connectivity index (χ0) is 15.9. The summed E-state index contributed by atoms with van der Waals surface area (Å²) in [4.78, 5) is 11.1. The molecule has 114 valence electrons. The number of benzene rings is 2. The number of hydrogen-bond acceptors (Lipinski definition) is 3. The molecule has 1 N–H and O–H groups in total. The van der Waals surface area contributed by atoms with Crippen LogP contribution < -0.4 is 4.31 Å². The first-order chi connectivity index (χ1) is 10.4. The van der Waals surface area contributed by atoms with Gasteiger partial charge < -0.3 is 5.11 Å². The smallest absolute Gasteiger partial charge is 0.335 e. The van der Waals surface area contributed by atoms with Gasteiger partial charge in [-0.3, -0.25) is 4.31 Å². The molecule has 0 unspecified atom stereocenters. The normalized spacial score (nSPS) is 17.3. The predicted molar refractivity (Wildman–Crippen MR) is 82.7 cm³/mol. The van der Waals surface area contributed by atoms with Crippen molar-refractivity contribution < 1.29 is 18.3 Å². The molecule has 0 fully saturated rings. The number of fused-ring (bicyclic) bond motifs is 1. The van der Waals surface area contributed by atoms with E-state index in [1.165, 1.54) is 28.6 Å². The van der Waals surface area contributed by atoms with Crippen molar-refractivity contribution in [3.63, 3.8) is 0 Å². The van der Waals surface area contributed by atoms with Crippen molar-refractivity contribution in [1.29, 1.82) is 0 Å². The van der Waals surface area contributed by atoms with Crippen LogP contribution in [-0.2, 0) is 16.4 Å². The summed E-state index contributed by atoms with van der Waals surface area (Å²) < 4.78 is 27.2. The van der Waals surface area contributed by atoms with Crippen LogP contribution in [0.4, 0.5) is 5.69 Å². The molecule has 0 saturated carbocycles. The van der Waals surface area contributed by atoms with Gasteiger partial charge >= 0.3 is 5.97 Å². The molecule has 2 aromatic carbocycles. The maximum absolute atomic E-state index is 12.9. The molecule has 0 spiro atoms. The molecule has 2 aromatic rings. The number of aromatic carboxylic acids is 1. The number of para-hydroxylation sites is 1. The quantitative estimate of drug-likeness (QED) is 0.944. The second kappa shape index (κ2) is 5.14. The van der Waals surface area contributed by atoms with Crippen molar-refractivity contribution in [2.75, 3.05) is 4.31 Å². The number of sulfonamides is 1. The number of anilines is 1. The highest BCUT2D eigenvalue weighted by molar-refractivity contribution is 7.92. The molecule has 5 nitrogen and oxygen atoms in total.